The van der Waals surface area contributed by atoms with E-state index in [2.05, 4.69) is 14.9 Å². The van der Waals surface area contributed by atoms with E-state index in [0.717, 1.165) is 12.0 Å². The Kier molecular flexibility index (Phi) is 4.05. The number of hydrogen-bond donors (Lipinski definition) is 0. The van der Waals surface area contributed by atoms with E-state index in [4.69, 9.17) is 0 Å². The van der Waals surface area contributed by atoms with Gasteiger partial charge in [0.15, 0.2) is 9.84 Å². The molecule has 0 bridgehead atoms. The van der Waals surface area contributed by atoms with Gasteiger partial charge in [-0.3, -0.25) is 4.90 Å². The molecule has 2 rings (SSSR count). The Labute approximate surface area is 114 Å². The van der Waals surface area contributed by atoms with Crippen LogP contribution < -0.4 is 4.90 Å². The average molecular weight is 284 g/mol. The SMILES string of the molecule is CN(C)c1ncc(CN(C)[C@@H]2CCS(=O)(=O)C2)cn1. The number of rotatable bonds is 4. The van der Waals surface area contributed by atoms with Crippen LogP contribution in [0.15, 0.2) is 12.4 Å². The number of hydrogen-bond acceptors (Lipinski definition) is 6. The molecule has 0 radical (unpaired) electrons. The highest BCUT2D eigenvalue weighted by Crippen LogP contribution is 2.18. The van der Waals surface area contributed by atoms with Crippen LogP contribution in [0.3, 0.4) is 0 Å². The lowest BCUT2D eigenvalue weighted by molar-refractivity contribution is 0.253. The molecule has 1 aromatic heterocycles. The minimum Gasteiger partial charge on any atom is -0.347 e. The molecular weight excluding hydrogens is 264 g/mol. The van der Waals surface area contributed by atoms with Gasteiger partial charge in [-0.25, -0.2) is 18.4 Å². The van der Waals surface area contributed by atoms with Gasteiger partial charge >= 0.3 is 0 Å². The van der Waals surface area contributed by atoms with Crippen molar-refractivity contribution >= 4 is 15.8 Å². The highest BCUT2D eigenvalue weighted by Gasteiger charge is 2.30. The monoisotopic (exact) mass is 284 g/mol. The lowest BCUT2D eigenvalue weighted by Gasteiger charge is -2.22. The average Bonchev–Trinajstić information content (AvgIpc) is 2.70. The van der Waals surface area contributed by atoms with E-state index < -0.39 is 9.84 Å². The molecule has 0 spiro atoms. The van der Waals surface area contributed by atoms with Gasteiger partial charge in [-0.2, -0.15) is 0 Å². The standard InChI is InChI=1S/C12H20N4O2S/c1-15(2)12-13-6-10(7-14-12)8-16(3)11-4-5-19(17,18)9-11/h6-7,11H,4-5,8-9H2,1-3H3/t11-/m1/s1. The van der Waals surface area contributed by atoms with Crippen LogP contribution in [0.5, 0.6) is 0 Å². The molecule has 6 nitrogen and oxygen atoms in total. The largest absolute Gasteiger partial charge is 0.347 e. The second kappa shape index (κ2) is 5.42. The Morgan fingerprint density at radius 1 is 1.26 bits per heavy atom. The fourth-order valence-corrected chi connectivity index (χ4v) is 4.01. The summed E-state index contributed by atoms with van der Waals surface area (Å²) in [5.41, 5.74) is 0.998. The summed E-state index contributed by atoms with van der Waals surface area (Å²) in [5.74, 6) is 1.24. The summed E-state index contributed by atoms with van der Waals surface area (Å²) in [6, 6.07) is 0.110. The molecule has 1 atom stereocenters. The topological polar surface area (TPSA) is 66.4 Å². The minimum atomic E-state index is -2.83. The molecule has 106 valence electrons. The van der Waals surface area contributed by atoms with Crippen LogP contribution in [0, 0.1) is 0 Å². The van der Waals surface area contributed by atoms with Gasteiger partial charge in [0.2, 0.25) is 5.95 Å². The fourth-order valence-electron chi connectivity index (χ4n) is 2.20. The maximum atomic E-state index is 11.5. The Morgan fingerprint density at radius 3 is 2.37 bits per heavy atom. The van der Waals surface area contributed by atoms with Crippen molar-refractivity contribution in [2.45, 2.75) is 19.0 Å². The first-order valence-electron chi connectivity index (χ1n) is 6.26. The van der Waals surface area contributed by atoms with E-state index in [9.17, 15) is 8.42 Å². The molecule has 0 saturated carbocycles. The first-order chi connectivity index (χ1) is 8.87. The summed E-state index contributed by atoms with van der Waals surface area (Å²) in [5, 5.41) is 0. The molecule has 2 heterocycles. The molecule has 1 saturated heterocycles. The Hall–Kier alpha value is -1.21. The quantitative estimate of drug-likeness (QED) is 0.785. The third-order valence-corrected chi connectivity index (χ3v) is 5.11. The second-order valence-electron chi connectivity index (χ2n) is 5.26. The molecule has 1 fully saturated rings. The van der Waals surface area contributed by atoms with E-state index in [0.29, 0.717) is 18.2 Å². The maximum absolute atomic E-state index is 11.5. The molecule has 0 aliphatic carbocycles. The lowest BCUT2D eigenvalue weighted by atomic mass is 10.2. The van der Waals surface area contributed by atoms with Crippen LogP contribution in [0.1, 0.15) is 12.0 Å². The number of aromatic nitrogens is 2. The third-order valence-electron chi connectivity index (χ3n) is 3.36. The van der Waals surface area contributed by atoms with E-state index in [-0.39, 0.29) is 11.8 Å². The molecule has 0 aromatic carbocycles. The summed E-state index contributed by atoms with van der Waals surface area (Å²) in [7, 11) is 2.91. The second-order valence-corrected chi connectivity index (χ2v) is 7.49. The summed E-state index contributed by atoms with van der Waals surface area (Å²) in [6.07, 6.45) is 4.31. The van der Waals surface area contributed by atoms with Crippen LogP contribution >= 0.6 is 0 Å². The minimum absolute atomic E-state index is 0.110. The smallest absolute Gasteiger partial charge is 0.224 e. The van der Waals surface area contributed by atoms with Gasteiger partial charge < -0.3 is 4.90 Å². The van der Waals surface area contributed by atoms with E-state index in [1.807, 2.05) is 26.0 Å². The predicted octanol–water partition coefficient (Wildman–Crippen LogP) is 0.162. The zero-order chi connectivity index (χ0) is 14.0. The van der Waals surface area contributed by atoms with Crippen molar-refractivity contribution in [3.05, 3.63) is 18.0 Å². The molecule has 1 aliphatic heterocycles. The fraction of sp³-hybridized carbons (Fsp3) is 0.667. The van der Waals surface area contributed by atoms with Gasteiger partial charge in [0.05, 0.1) is 11.5 Å². The van der Waals surface area contributed by atoms with Crippen molar-refractivity contribution in [3.8, 4) is 0 Å². The summed E-state index contributed by atoms with van der Waals surface area (Å²) in [4.78, 5) is 12.4. The van der Waals surface area contributed by atoms with Gasteiger partial charge in [0.25, 0.3) is 0 Å². The molecule has 0 N–H and O–H groups in total. The molecule has 1 aliphatic rings. The van der Waals surface area contributed by atoms with Crippen LogP contribution in [-0.2, 0) is 16.4 Å². The highest BCUT2D eigenvalue weighted by atomic mass is 32.2. The molecule has 19 heavy (non-hydrogen) atoms. The number of sulfone groups is 1. The molecule has 0 amide bonds. The first-order valence-corrected chi connectivity index (χ1v) is 8.08. The van der Waals surface area contributed by atoms with Gasteiger partial charge in [-0.1, -0.05) is 0 Å². The first kappa shape index (κ1) is 14.2. The van der Waals surface area contributed by atoms with Crippen LogP contribution in [-0.4, -0.2) is 62.0 Å². The van der Waals surface area contributed by atoms with Crippen molar-refractivity contribution < 1.29 is 8.42 Å². The highest BCUT2D eigenvalue weighted by molar-refractivity contribution is 7.91. The van der Waals surface area contributed by atoms with Crippen LogP contribution in [0.25, 0.3) is 0 Å². The maximum Gasteiger partial charge on any atom is 0.224 e. The normalized spacial score (nSPS) is 21.8. The van der Waals surface area contributed by atoms with Crippen molar-refractivity contribution in [2.24, 2.45) is 0 Å². The predicted molar refractivity (Wildman–Crippen MR) is 74.9 cm³/mol. The van der Waals surface area contributed by atoms with Crippen molar-refractivity contribution in [1.82, 2.24) is 14.9 Å². The van der Waals surface area contributed by atoms with Crippen LogP contribution in [0.2, 0.25) is 0 Å². The van der Waals surface area contributed by atoms with E-state index in [1.165, 1.54) is 0 Å². The summed E-state index contributed by atoms with van der Waals surface area (Å²) in [6.45, 7) is 0.674. The lowest BCUT2D eigenvalue weighted by Crippen LogP contribution is -2.32. The summed E-state index contributed by atoms with van der Waals surface area (Å²) < 4.78 is 22.9. The third kappa shape index (κ3) is 3.63. The van der Waals surface area contributed by atoms with Crippen molar-refractivity contribution in [3.63, 3.8) is 0 Å². The summed E-state index contributed by atoms with van der Waals surface area (Å²) >= 11 is 0. The molecular formula is C12H20N4O2S. The van der Waals surface area contributed by atoms with Gasteiger partial charge in [0, 0.05) is 44.6 Å². The number of anilines is 1. The number of nitrogens with zero attached hydrogens (tertiary/aromatic N) is 4. The van der Waals surface area contributed by atoms with E-state index >= 15 is 0 Å². The Bertz CT molecular complexity index is 527. The van der Waals surface area contributed by atoms with Gasteiger partial charge in [0.1, 0.15) is 0 Å². The Balaban J connectivity index is 1.97. The molecule has 7 heteroatoms. The van der Waals surface area contributed by atoms with E-state index in [1.54, 1.807) is 12.4 Å². The molecule has 1 aromatic rings. The van der Waals surface area contributed by atoms with Crippen molar-refractivity contribution in [1.29, 1.82) is 0 Å². The molecule has 0 unspecified atom stereocenters. The Morgan fingerprint density at radius 2 is 1.89 bits per heavy atom. The zero-order valence-electron chi connectivity index (χ0n) is 11.6. The van der Waals surface area contributed by atoms with Crippen molar-refractivity contribution in [2.75, 3.05) is 37.5 Å². The van der Waals surface area contributed by atoms with Gasteiger partial charge in [-0.15, -0.1) is 0 Å². The van der Waals surface area contributed by atoms with Crippen LogP contribution in [0.4, 0.5) is 5.95 Å². The van der Waals surface area contributed by atoms with Gasteiger partial charge in [-0.05, 0) is 13.5 Å². The zero-order valence-corrected chi connectivity index (χ0v) is 12.4.